The molecule has 1 N–H and O–H groups in total. The van der Waals surface area contributed by atoms with Crippen molar-refractivity contribution in [1.82, 2.24) is 0 Å². The van der Waals surface area contributed by atoms with Crippen LogP contribution >= 0.6 is 0 Å². The van der Waals surface area contributed by atoms with E-state index in [4.69, 9.17) is 5.11 Å². The summed E-state index contributed by atoms with van der Waals surface area (Å²) in [5.74, 6) is -2.84. The van der Waals surface area contributed by atoms with Gasteiger partial charge in [-0.3, -0.25) is 9.59 Å². The fourth-order valence-electron chi connectivity index (χ4n) is 1.75. The predicted molar refractivity (Wildman–Crippen MR) is 39.5 cm³/mol. The number of rotatable bonds is 3. The fraction of sp³-hybridized carbons (Fsp3) is 0.750. The van der Waals surface area contributed by atoms with Gasteiger partial charge < -0.3 is 5.11 Å². The van der Waals surface area contributed by atoms with E-state index < -0.39 is 23.6 Å². The summed E-state index contributed by atoms with van der Waals surface area (Å²) < 4.78 is 24.1. The molecule has 1 saturated carbocycles. The molecule has 0 aliphatic heterocycles. The Morgan fingerprint density at radius 3 is 2.00 bits per heavy atom. The fourth-order valence-corrected chi connectivity index (χ4v) is 1.75. The van der Waals surface area contributed by atoms with Crippen LogP contribution in [0, 0.1) is 5.41 Å². The molecule has 74 valence electrons. The maximum atomic E-state index is 12.1. The second-order valence-corrected chi connectivity index (χ2v) is 3.26. The average Bonchev–Trinajstić information content (AvgIpc) is 2.51. The first-order valence-corrected chi connectivity index (χ1v) is 4.06. The van der Waals surface area contributed by atoms with Crippen molar-refractivity contribution >= 4 is 11.8 Å². The summed E-state index contributed by atoms with van der Waals surface area (Å²) in [5.41, 5.74) is -1.80. The Morgan fingerprint density at radius 1 is 1.23 bits per heavy atom. The number of carbonyl (C=O) groups is 2. The zero-order valence-electron chi connectivity index (χ0n) is 6.93. The smallest absolute Gasteiger partial charge is 0.317 e. The van der Waals surface area contributed by atoms with E-state index >= 15 is 0 Å². The zero-order chi connectivity index (χ0) is 10.1. The third-order valence-corrected chi connectivity index (χ3v) is 2.54. The molecular formula is C8H10F2O3. The van der Waals surface area contributed by atoms with Crippen LogP contribution in [0.5, 0.6) is 0 Å². The van der Waals surface area contributed by atoms with Gasteiger partial charge in [-0.1, -0.05) is 12.8 Å². The molecule has 3 nitrogen and oxygen atoms in total. The standard InChI is InChI=1S/C8H10F2O3/c9-6(10)5(11)8(7(12)13)3-1-2-4-8/h6H,1-4H2,(H,12,13). The number of carboxylic acids is 1. The number of halogens is 2. The first-order chi connectivity index (χ1) is 6.00. The molecule has 1 fully saturated rings. The lowest BCUT2D eigenvalue weighted by atomic mass is 9.82. The summed E-state index contributed by atoms with van der Waals surface area (Å²) in [6.07, 6.45) is -2.01. The van der Waals surface area contributed by atoms with Gasteiger partial charge in [0.15, 0.2) is 0 Å². The first-order valence-electron chi connectivity index (χ1n) is 4.06. The summed E-state index contributed by atoms with van der Waals surface area (Å²) >= 11 is 0. The van der Waals surface area contributed by atoms with Crippen molar-refractivity contribution in [3.63, 3.8) is 0 Å². The Hall–Kier alpha value is -1.00. The van der Waals surface area contributed by atoms with Crippen molar-refractivity contribution in [2.24, 2.45) is 5.41 Å². The van der Waals surface area contributed by atoms with Crippen LogP contribution in [0.3, 0.4) is 0 Å². The average molecular weight is 192 g/mol. The van der Waals surface area contributed by atoms with Gasteiger partial charge in [-0.05, 0) is 12.8 Å². The van der Waals surface area contributed by atoms with Gasteiger partial charge in [0.2, 0.25) is 5.78 Å². The summed E-state index contributed by atoms with van der Waals surface area (Å²) in [6.45, 7) is 0. The van der Waals surface area contributed by atoms with Crippen LogP contribution in [-0.2, 0) is 9.59 Å². The number of Topliss-reactive ketones (excluding diaryl/α,β-unsaturated/α-hetero) is 1. The number of carboxylic acid groups (broad SMARTS) is 1. The Labute approximate surface area is 73.7 Å². The molecule has 13 heavy (non-hydrogen) atoms. The van der Waals surface area contributed by atoms with Crippen LogP contribution in [0.25, 0.3) is 0 Å². The molecule has 1 rings (SSSR count). The van der Waals surface area contributed by atoms with Gasteiger partial charge in [-0.25, -0.2) is 8.78 Å². The molecule has 0 atom stereocenters. The molecule has 0 bridgehead atoms. The monoisotopic (exact) mass is 192 g/mol. The Morgan fingerprint density at radius 2 is 1.69 bits per heavy atom. The number of hydrogen-bond donors (Lipinski definition) is 1. The highest BCUT2D eigenvalue weighted by molar-refractivity contribution is 6.04. The van der Waals surface area contributed by atoms with E-state index in [2.05, 4.69) is 0 Å². The maximum absolute atomic E-state index is 12.1. The van der Waals surface area contributed by atoms with E-state index in [0.717, 1.165) is 0 Å². The predicted octanol–water partition coefficient (Wildman–Crippen LogP) is 1.47. The minimum atomic E-state index is -3.17. The number of alkyl halides is 2. The van der Waals surface area contributed by atoms with Gasteiger partial charge in [0.1, 0.15) is 5.41 Å². The lowest BCUT2D eigenvalue weighted by Gasteiger charge is -2.20. The highest BCUT2D eigenvalue weighted by atomic mass is 19.3. The normalized spacial score (nSPS) is 20.5. The van der Waals surface area contributed by atoms with Gasteiger partial charge in [0, 0.05) is 0 Å². The van der Waals surface area contributed by atoms with Crippen molar-refractivity contribution in [1.29, 1.82) is 0 Å². The van der Waals surface area contributed by atoms with Crippen molar-refractivity contribution in [2.45, 2.75) is 32.1 Å². The molecule has 0 aromatic carbocycles. The van der Waals surface area contributed by atoms with Gasteiger partial charge in [-0.15, -0.1) is 0 Å². The zero-order valence-corrected chi connectivity index (χ0v) is 6.93. The van der Waals surface area contributed by atoms with Gasteiger partial charge in [-0.2, -0.15) is 0 Å². The van der Waals surface area contributed by atoms with Gasteiger partial charge >= 0.3 is 5.97 Å². The van der Waals surface area contributed by atoms with Crippen LogP contribution in [0.4, 0.5) is 8.78 Å². The second kappa shape index (κ2) is 3.40. The SMILES string of the molecule is O=C(O)C1(C(=O)C(F)F)CCCC1. The van der Waals surface area contributed by atoms with Crippen LogP contribution in [0.1, 0.15) is 25.7 Å². The molecule has 0 aromatic rings. The summed E-state index contributed by atoms with van der Waals surface area (Å²) in [4.78, 5) is 21.7. The molecule has 1 aliphatic rings. The summed E-state index contributed by atoms with van der Waals surface area (Å²) in [6, 6.07) is 0. The largest absolute Gasteiger partial charge is 0.480 e. The Bertz CT molecular complexity index is 232. The quantitative estimate of drug-likeness (QED) is 0.689. The minimum absolute atomic E-state index is 0.0471. The van der Waals surface area contributed by atoms with E-state index in [-0.39, 0.29) is 12.8 Å². The maximum Gasteiger partial charge on any atom is 0.317 e. The third kappa shape index (κ3) is 1.55. The molecule has 0 radical (unpaired) electrons. The highest BCUT2D eigenvalue weighted by Crippen LogP contribution is 2.40. The molecule has 0 unspecified atom stereocenters. The lowest BCUT2D eigenvalue weighted by molar-refractivity contribution is -0.159. The van der Waals surface area contributed by atoms with E-state index in [9.17, 15) is 18.4 Å². The molecule has 0 aromatic heterocycles. The minimum Gasteiger partial charge on any atom is -0.480 e. The Balaban J connectivity index is 2.91. The molecular weight excluding hydrogens is 182 g/mol. The first kappa shape index (κ1) is 10.1. The van der Waals surface area contributed by atoms with E-state index in [1.807, 2.05) is 0 Å². The van der Waals surface area contributed by atoms with Gasteiger partial charge in [0.05, 0.1) is 0 Å². The van der Waals surface area contributed by atoms with Gasteiger partial charge in [0.25, 0.3) is 6.43 Å². The van der Waals surface area contributed by atoms with Crippen molar-refractivity contribution < 1.29 is 23.5 Å². The van der Waals surface area contributed by atoms with Crippen LogP contribution in [0.15, 0.2) is 0 Å². The van der Waals surface area contributed by atoms with Crippen LogP contribution < -0.4 is 0 Å². The van der Waals surface area contributed by atoms with Crippen molar-refractivity contribution in [2.75, 3.05) is 0 Å². The second-order valence-electron chi connectivity index (χ2n) is 3.26. The Kier molecular flexibility index (Phi) is 2.63. The van der Waals surface area contributed by atoms with Crippen LogP contribution in [-0.4, -0.2) is 23.3 Å². The number of carbonyl (C=O) groups excluding carboxylic acids is 1. The van der Waals surface area contributed by atoms with Crippen molar-refractivity contribution in [3.8, 4) is 0 Å². The topological polar surface area (TPSA) is 54.4 Å². The molecule has 0 heterocycles. The van der Waals surface area contributed by atoms with Crippen molar-refractivity contribution in [3.05, 3.63) is 0 Å². The number of aliphatic carboxylic acids is 1. The number of ketones is 1. The van der Waals surface area contributed by atoms with E-state index in [1.54, 1.807) is 0 Å². The molecule has 0 saturated heterocycles. The summed E-state index contributed by atoms with van der Waals surface area (Å²) in [7, 11) is 0. The third-order valence-electron chi connectivity index (χ3n) is 2.54. The lowest BCUT2D eigenvalue weighted by Crippen LogP contribution is -2.40. The molecule has 1 aliphatic carbocycles. The van der Waals surface area contributed by atoms with E-state index in [0.29, 0.717) is 12.8 Å². The molecule has 5 heteroatoms. The van der Waals surface area contributed by atoms with Crippen LogP contribution in [0.2, 0.25) is 0 Å². The highest BCUT2D eigenvalue weighted by Gasteiger charge is 2.51. The summed E-state index contributed by atoms with van der Waals surface area (Å²) in [5, 5.41) is 8.73. The van der Waals surface area contributed by atoms with E-state index in [1.165, 1.54) is 0 Å². The number of hydrogen-bond acceptors (Lipinski definition) is 2. The molecule has 0 spiro atoms. The molecule has 0 amide bonds.